The number of amides is 2. The Balaban J connectivity index is 1.49. The van der Waals surface area contributed by atoms with E-state index in [-0.39, 0.29) is 17.7 Å². The molecule has 3 aromatic carbocycles. The largest absolute Gasteiger partial charge is 0.493 e. The first-order chi connectivity index (χ1) is 15.9. The normalized spacial score (nSPS) is 14.8. The highest BCUT2D eigenvalue weighted by atomic mass is 127. The van der Waals surface area contributed by atoms with Crippen LogP contribution in [0.15, 0.2) is 76.1 Å². The maximum Gasteiger partial charge on any atom is 0.293 e. The number of methoxy groups -OCH3 is 1. The molecule has 3 aromatic rings. The van der Waals surface area contributed by atoms with Gasteiger partial charge in [-0.1, -0.05) is 52.3 Å². The predicted octanol–water partition coefficient (Wildman–Crippen LogP) is 6.88. The first-order valence-corrected chi connectivity index (χ1v) is 12.7. The lowest BCUT2D eigenvalue weighted by molar-refractivity contribution is -0.123. The molecule has 168 valence electrons. The van der Waals surface area contributed by atoms with E-state index in [1.54, 1.807) is 19.3 Å². The number of benzene rings is 3. The summed E-state index contributed by atoms with van der Waals surface area (Å²) in [5, 5.41) is -0.286. The number of carbonyl (C=O) groups is 2. The summed E-state index contributed by atoms with van der Waals surface area (Å²) in [6.45, 7) is 0.638. The zero-order chi connectivity index (χ0) is 23.4. The minimum atomic E-state index is -0.307. The number of imide groups is 1. The Kier molecular flexibility index (Phi) is 7.77. The molecule has 1 saturated heterocycles. The van der Waals surface area contributed by atoms with Crippen LogP contribution in [0.4, 0.5) is 4.79 Å². The SMILES string of the molecule is COc1cc(/C=C2\SC(=O)N(Cc3ccccc3Br)C2=O)ccc1OCc1ccc(I)cc1. The van der Waals surface area contributed by atoms with Gasteiger partial charge in [0.05, 0.1) is 18.6 Å². The first kappa shape index (κ1) is 23.8. The molecule has 4 rings (SSSR count). The molecule has 0 aliphatic carbocycles. The van der Waals surface area contributed by atoms with E-state index in [9.17, 15) is 9.59 Å². The molecular weight excluding hydrogens is 617 g/mol. The highest BCUT2D eigenvalue weighted by molar-refractivity contribution is 14.1. The summed E-state index contributed by atoms with van der Waals surface area (Å²) >= 11 is 6.67. The van der Waals surface area contributed by atoms with Crippen LogP contribution >= 0.6 is 50.3 Å². The van der Waals surface area contributed by atoms with Gasteiger partial charge in [-0.3, -0.25) is 14.5 Å². The predicted molar refractivity (Wildman–Crippen MR) is 142 cm³/mol. The van der Waals surface area contributed by atoms with E-state index in [0.717, 1.165) is 32.9 Å². The molecule has 0 spiro atoms. The fraction of sp³-hybridized carbons (Fsp3) is 0.120. The third-order valence-electron chi connectivity index (χ3n) is 4.95. The van der Waals surface area contributed by atoms with Crippen LogP contribution in [-0.2, 0) is 17.9 Å². The van der Waals surface area contributed by atoms with Crippen LogP contribution < -0.4 is 9.47 Å². The van der Waals surface area contributed by atoms with Crippen molar-refractivity contribution >= 4 is 67.5 Å². The summed E-state index contributed by atoms with van der Waals surface area (Å²) in [4.78, 5) is 27.0. The van der Waals surface area contributed by atoms with Gasteiger partial charge in [0, 0.05) is 8.04 Å². The van der Waals surface area contributed by atoms with E-state index in [1.165, 1.54) is 8.47 Å². The number of hydrogen-bond acceptors (Lipinski definition) is 5. The van der Waals surface area contributed by atoms with Gasteiger partial charge in [0.15, 0.2) is 11.5 Å². The van der Waals surface area contributed by atoms with Crippen molar-refractivity contribution in [3.8, 4) is 11.5 Å². The molecule has 1 aliphatic rings. The van der Waals surface area contributed by atoms with Crippen molar-refractivity contribution in [3.63, 3.8) is 0 Å². The third kappa shape index (κ3) is 5.80. The first-order valence-electron chi connectivity index (χ1n) is 9.98. The highest BCUT2D eigenvalue weighted by Gasteiger charge is 2.35. The van der Waals surface area contributed by atoms with Crippen molar-refractivity contribution in [3.05, 3.63) is 96.4 Å². The molecule has 0 N–H and O–H groups in total. The molecule has 0 bridgehead atoms. The smallest absolute Gasteiger partial charge is 0.293 e. The molecule has 0 saturated carbocycles. The van der Waals surface area contributed by atoms with Crippen molar-refractivity contribution in [2.45, 2.75) is 13.2 Å². The lowest BCUT2D eigenvalue weighted by atomic mass is 10.1. The maximum atomic E-state index is 12.9. The van der Waals surface area contributed by atoms with Crippen LogP contribution in [0.3, 0.4) is 0 Å². The van der Waals surface area contributed by atoms with Crippen molar-refractivity contribution in [2.75, 3.05) is 7.11 Å². The summed E-state index contributed by atoms with van der Waals surface area (Å²) in [5.41, 5.74) is 2.68. The van der Waals surface area contributed by atoms with Gasteiger partial charge in [-0.15, -0.1) is 0 Å². The molecule has 8 heteroatoms. The monoisotopic (exact) mass is 635 g/mol. The van der Waals surface area contributed by atoms with Gasteiger partial charge in [-0.05, 0) is 87.5 Å². The van der Waals surface area contributed by atoms with Crippen molar-refractivity contribution in [1.82, 2.24) is 4.90 Å². The minimum Gasteiger partial charge on any atom is -0.493 e. The van der Waals surface area contributed by atoms with Crippen LogP contribution in [-0.4, -0.2) is 23.2 Å². The van der Waals surface area contributed by atoms with E-state index >= 15 is 0 Å². The molecule has 33 heavy (non-hydrogen) atoms. The standard InChI is InChI=1S/C25H19BrINO4S/c1-31-22-12-17(8-11-21(22)32-15-16-6-9-19(27)10-7-16)13-23-24(29)28(25(30)33-23)14-18-4-2-3-5-20(18)26/h2-13H,14-15H2,1H3/b23-13-. The Morgan fingerprint density at radius 3 is 2.52 bits per heavy atom. The summed E-state index contributed by atoms with van der Waals surface area (Å²) in [6, 6.07) is 21.1. The second-order valence-corrected chi connectivity index (χ2v) is 10.3. The summed E-state index contributed by atoms with van der Waals surface area (Å²) in [6.07, 6.45) is 1.70. The van der Waals surface area contributed by atoms with Crippen LogP contribution in [0.5, 0.6) is 11.5 Å². The van der Waals surface area contributed by atoms with Crippen LogP contribution in [0.1, 0.15) is 16.7 Å². The zero-order valence-electron chi connectivity index (χ0n) is 17.6. The number of rotatable bonds is 7. The average molecular weight is 636 g/mol. The minimum absolute atomic E-state index is 0.220. The van der Waals surface area contributed by atoms with E-state index < -0.39 is 0 Å². The zero-order valence-corrected chi connectivity index (χ0v) is 22.1. The Hall–Kier alpha value is -2.30. The summed E-state index contributed by atoms with van der Waals surface area (Å²) in [7, 11) is 1.57. The van der Waals surface area contributed by atoms with E-state index in [1.807, 2.05) is 60.7 Å². The van der Waals surface area contributed by atoms with Gasteiger partial charge >= 0.3 is 0 Å². The number of hydrogen-bond donors (Lipinski definition) is 0. The lowest BCUT2D eigenvalue weighted by Crippen LogP contribution is -2.27. The second kappa shape index (κ2) is 10.8. The van der Waals surface area contributed by atoms with E-state index in [2.05, 4.69) is 38.5 Å². The Morgan fingerprint density at radius 1 is 1.03 bits per heavy atom. The maximum absolute atomic E-state index is 12.9. The average Bonchev–Trinajstić information content (AvgIpc) is 3.07. The molecule has 2 amide bonds. The van der Waals surface area contributed by atoms with Crippen LogP contribution in [0, 0.1) is 3.57 Å². The molecule has 0 aromatic heterocycles. The number of nitrogens with zero attached hydrogens (tertiary/aromatic N) is 1. The van der Waals surface area contributed by atoms with Crippen LogP contribution in [0.25, 0.3) is 6.08 Å². The van der Waals surface area contributed by atoms with Gasteiger partial charge in [0.25, 0.3) is 11.1 Å². The van der Waals surface area contributed by atoms with Crippen LogP contribution in [0.2, 0.25) is 0 Å². The molecule has 0 unspecified atom stereocenters. The van der Waals surface area contributed by atoms with E-state index in [0.29, 0.717) is 23.0 Å². The quantitative estimate of drug-likeness (QED) is 0.209. The van der Waals surface area contributed by atoms with Gasteiger partial charge in [0.2, 0.25) is 0 Å². The molecule has 5 nitrogen and oxygen atoms in total. The number of thioether (sulfide) groups is 1. The van der Waals surface area contributed by atoms with E-state index in [4.69, 9.17) is 9.47 Å². The van der Waals surface area contributed by atoms with Gasteiger partial charge in [-0.25, -0.2) is 0 Å². The highest BCUT2D eigenvalue weighted by Crippen LogP contribution is 2.36. The number of carbonyl (C=O) groups excluding carboxylic acids is 2. The van der Waals surface area contributed by atoms with Crippen molar-refractivity contribution in [1.29, 1.82) is 0 Å². The number of halogens is 2. The Morgan fingerprint density at radius 2 is 1.79 bits per heavy atom. The summed E-state index contributed by atoms with van der Waals surface area (Å²) in [5.74, 6) is 0.857. The molecular formula is C25H19BrINO4S. The molecule has 0 atom stereocenters. The van der Waals surface area contributed by atoms with Gasteiger partial charge in [-0.2, -0.15) is 0 Å². The molecule has 1 fully saturated rings. The molecule has 1 heterocycles. The molecule has 1 aliphatic heterocycles. The lowest BCUT2D eigenvalue weighted by Gasteiger charge is -2.13. The topological polar surface area (TPSA) is 55.8 Å². The number of ether oxygens (including phenoxy) is 2. The van der Waals surface area contributed by atoms with Gasteiger partial charge in [0.1, 0.15) is 6.61 Å². The van der Waals surface area contributed by atoms with Crippen molar-refractivity contribution < 1.29 is 19.1 Å². The third-order valence-corrected chi connectivity index (χ3v) is 7.35. The Bertz CT molecular complexity index is 1230. The Labute approximate surface area is 218 Å². The fourth-order valence-electron chi connectivity index (χ4n) is 3.22. The van der Waals surface area contributed by atoms with Gasteiger partial charge < -0.3 is 9.47 Å². The fourth-order valence-corrected chi connectivity index (χ4v) is 4.83. The second-order valence-electron chi connectivity index (χ2n) is 7.18. The van der Waals surface area contributed by atoms with Crippen molar-refractivity contribution in [2.24, 2.45) is 0 Å². The summed E-state index contributed by atoms with van der Waals surface area (Å²) < 4.78 is 13.4. The molecule has 0 radical (unpaired) electrons.